The number of halogens is 2. The standard InChI is InChI=1S/C26H31Cl2NO2/c1-5-13-26(4,25-29-23(16-31-25)17(2)3)15-22(19-7-6-8-21(28)14-19)24(30)18-9-11-20(27)12-10-18/h5-12,14,17,22-24,30H,1,13,15-16H2,2-4H3/t22?,23-,24+,26+/m1/s1. The fraction of sp³-hybridized carbons (Fsp3) is 0.423. The molecule has 31 heavy (non-hydrogen) atoms. The van der Waals surface area contributed by atoms with Crippen molar-refractivity contribution in [3.05, 3.63) is 82.4 Å². The van der Waals surface area contributed by atoms with E-state index in [0.717, 1.165) is 17.0 Å². The minimum Gasteiger partial charge on any atom is -0.478 e. The number of hydrogen-bond acceptors (Lipinski definition) is 3. The first-order valence-electron chi connectivity index (χ1n) is 10.7. The quantitative estimate of drug-likeness (QED) is 0.401. The van der Waals surface area contributed by atoms with Crippen LogP contribution in [0.1, 0.15) is 56.8 Å². The first kappa shape index (κ1) is 23.8. The third-order valence-electron chi connectivity index (χ3n) is 6.09. The maximum absolute atomic E-state index is 11.4. The van der Waals surface area contributed by atoms with Gasteiger partial charge in [0.15, 0.2) is 5.90 Å². The summed E-state index contributed by atoms with van der Waals surface area (Å²) in [5, 5.41) is 12.7. The van der Waals surface area contributed by atoms with E-state index in [0.29, 0.717) is 35.4 Å². The van der Waals surface area contributed by atoms with E-state index in [9.17, 15) is 5.11 Å². The van der Waals surface area contributed by atoms with Gasteiger partial charge in [-0.1, -0.05) is 74.3 Å². The van der Waals surface area contributed by atoms with E-state index in [1.807, 2.05) is 42.5 Å². The molecule has 2 aromatic carbocycles. The van der Waals surface area contributed by atoms with Gasteiger partial charge >= 0.3 is 0 Å². The normalized spacial score (nSPS) is 20.0. The van der Waals surface area contributed by atoms with Crippen LogP contribution in [0, 0.1) is 11.3 Å². The lowest BCUT2D eigenvalue weighted by atomic mass is 9.73. The molecule has 0 bridgehead atoms. The number of hydrogen-bond donors (Lipinski definition) is 1. The van der Waals surface area contributed by atoms with E-state index < -0.39 is 11.5 Å². The van der Waals surface area contributed by atoms with Crippen LogP contribution in [0.3, 0.4) is 0 Å². The van der Waals surface area contributed by atoms with Crippen LogP contribution in [-0.2, 0) is 4.74 Å². The Morgan fingerprint density at radius 3 is 2.45 bits per heavy atom. The van der Waals surface area contributed by atoms with Gasteiger partial charge in [-0.05, 0) is 54.2 Å². The van der Waals surface area contributed by atoms with Crippen LogP contribution in [0.15, 0.2) is 66.2 Å². The highest BCUT2D eigenvalue weighted by Crippen LogP contribution is 2.44. The highest BCUT2D eigenvalue weighted by molar-refractivity contribution is 6.30. The lowest BCUT2D eigenvalue weighted by Crippen LogP contribution is -2.31. The summed E-state index contributed by atoms with van der Waals surface area (Å²) in [6.07, 6.45) is 2.49. The Bertz CT molecular complexity index is 925. The highest BCUT2D eigenvalue weighted by Gasteiger charge is 2.40. The van der Waals surface area contributed by atoms with E-state index in [-0.39, 0.29) is 12.0 Å². The Labute approximate surface area is 195 Å². The van der Waals surface area contributed by atoms with Gasteiger partial charge in [0.1, 0.15) is 6.61 Å². The maximum Gasteiger partial charge on any atom is 0.190 e. The molecule has 0 aromatic heterocycles. The monoisotopic (exact) mass is 459 g/mol. The minimum atomic E-state index is -0.734. The second-order valence-electron chi connectivity index (χ2n) is 8.97. The van der Waals surface area contributed by atoms with Crippen molar-refractivity contribution >= 4 is 29.1 Å². The molecule has 0 fully saturated rings. The zero-order chi connectivity index (χ0) is 22.6. The number of allylic oxidation sites excluding steroid dienone is 1. The molecular formula is C26H31Cl2NO2. The molecule has 1 aliphatic heterocycles. The molecule has 0 saturated carbocycles. The van der Waals surface area contributed by atoms with Crippen molar-refractivity contribution in [3.8, 4) is 0 Å². The number of aliphatic hydroxyl groups excluding tert-OH is 1. The van der Waals surface area contributed by atoms with Gasteiger partial charge in [0, 0.05) is 21.4 Å². The lowest BCUT2D eigenvalue weighted by Gasteiger charge is -2.34. The minimum absolute atomic E-state index is 0.157. The van der Waals surface area contributed by atoms with Gasteiger partial charge in [-0.2, -0.15) is 0 Å². The first-order chi connectivity index (χ1) is 14.7. The zero-order valence-electron chi connectivity index (χ0n) is 18.4. The molecule has 1 unspecified atom stereocenters. The van der Waals surface area contributed by atoms with E-state index in [1.165, 1.54) is 0 Å². The molecule has 0 aliphatic carbocycles. The van der Waals surface area contributed by atoms with Gasteiger partial charge in [-0.25, -0.2) is 4.99 Å². The van der Waals surface area contributed by atoms with E-state index in [4.69, 9.17) is 32.9 Å². The molecule has 0 radical (unpaired) electrons. The predicted octanol–water partition coefficient (Wildman–Crippen LogP) is 7.24. The molecule has 4 atom stereocenters. The molecule has 1 aliphatic rings. The highest BCUT2D eigenvalue weighted by atomic mass is 35.5. The Morgan fingerprint density at radius 1 is 1.16 bits per heavy atom. The van der Waals surface area contributed by atoms with Crippen molar-refractivity contribution in [1.82, 2.24) is 0 Å². The Kier molecular flexibility index (Phi) is 7.85. The Balaban J connectivity index is 2.00. The number of aliphatic imine (C=N–C) groups is 1. The Morgan fingerprint density at radius 2 is 1.87 bits per heavy atom. The van der Waals surface area contributed by atoms with Gasteiger partial charge < -0.3 is 9.84 Å². The van der Waals surface area contributed by atoms with Gasteiger partial charge in [0.05, 0.1) is 12.1 Å². The van der Waals surface area contributed by atoms with E-state index >= 15 is 0 Å². The van der Waals surface area contributed by atoms with E-state index in [2.05, 4.69) is 27.4 Å². The molecule has 3 rings (SSSR count). The lowest BCUT2D eigenvalue weighted by molar-refractivity contribution is 0.121. The number of aliphatic hydroxyl groups is 1. The summed E-state index contributed by atoms with van der Waals surface area (Å²) in [4.78, 5) is 4.91. The SMILES string of the molecule is C=CC[C@@](C)(CC(c1cccc(Cl)c1)[C@@H](O)c1ccc(Cl)cc1)C1=N[C@@H](C(C)C)CO1. The molecule has 0 spiro atoms. The van der Waals surface area contributed by atoms with E-state index in [1.54, 1.807) is 12.1 Å². The summed E-state index contributed by atoms with van der Waals surface area (Å²) < 4.78 is 6.08. The van der Waals surface area contributed by atoms with Crippen LogP contribution in [0.25, 0.3) is 0 Å². The van der Waals surface area contributed by atoms with Crippen LogP contribution in [0.2, 0.25) is 10.0 Å². The van der Waals surface area contributed by atoms with Crippen LogP contribution in [0.5, 0.6) is 0 Å². The summed E-state index contributed by atoms with van der Waals surface area (Å²) in [7, 11) is 0. The summed E-state index contributed by atoms with van der Waals surface area (Å²) in [6, 6.07) is 15.2. The molecule has 0 amide bonds. The van der Waals surface area contributed by atoms with Crippen molar-refractivity contribution in [2.75, 3.05) is 6.61 Å². The first-order valence-corrected chi connectivity index (χ1v) is 11.5. The number of nitrogens with zero attached hydrogens (tertiary/aromatic N) is 1. The maximum atomic E-state index is 11.4. The third-order valence-corrected chi connectivity index (χ3v) is 6.58. The van der Waals surface area contributed by atoms with Crippen LogP contribution in [-0.4, -0.2) is 23.7 Å². The fourth-order valence-corrected chi connectivity index (χ4v) is 4.49. The zero-order valence-corrected chi connectivity index (χ0v) is 19.9. The number of benzene rings is 2. The molecule has 1 heterocycles. The third kappa shape index (κ3) is 5.71. The fourth-order valence-electron chi connectivity index (χ4n) is 4.16. The van der Waals surface area contributed by atoms with Crippen molar-refractivity contribution in [1.29, 1.82) is 0 Å². The van der Waals surface area contributed by atoms with Crippen molar-refractivity contribution in [3.63, 3.8) is 0 Å². The van der Waals surface area contributed by atoms with Gasteiger partial charge in [-0.3, -0.25) is 0 Å². The van der Waals surface area contributed by atoms with Gasteiger partial charge in [0.2, 0.25) is 0 Å². The van der Waals surface area contributed by atoms with Gasteiger partial charge in [0.25, 0.3) is 0 Å². The Hall–Kier alpha value is -1.81. The summed E-state index contributed by atoms with van der Waals surface area (Å²) >= 11 is 12.4. The van der Waals surface area contributed by atoms with Gasteiger partial charge in [-0.15, -0.1) is 6.58 Å². The van der Waals surface area contributed by atoms with Crippen molar-refractivity contribution in [2.24, 2.45) is 16.3 Å². The van der Waals surface area contributed by atoms with Crippen LogP contribution >= 0.6 is 23.2 Å². The molecule has 2 aromatic rings. The number of rotatable bonds is 9. The molecule has 1 N–H and O–H groups in total. The summed E-state index contributed by atoms with van der Waals surface area (Å²) in [5.41, 5.74) is 1.39. The number of ether oxygens (including phenoxy) is 1. The summed E-state index contributed by atoms with van der Waals surface area (Å²) in [6.45, 7) is 11.0. The molecule has 0 saturated heterocycles. The van der Waals surface area contributed by atoms with Crippen LogP contribution in [0.4, 0.5) is 0 Å². The van der Waals surface area contributed by atoms with Crippen LogP contribution < -0.4 is 0 Å². The summed E-state index contributed by atoms with van der Waals surface area (Å²) in [5.74, 6) is 0.949. The second kappa shape index (κ2) is 10.2. The molecule has 5 heteroatoms. The smallest absolute Gasteiger partial charge is 0.190 e. The molecule has 3 nitrogen and oxygen atoms in total. The topological polar surface area (TPSA) is 41.8 Å². The molecular weight excluding hydrogens is 429 g/mol. The average Bonchev–Trinajstić information content (AvgIpc) is 3.24. The second-order valence-corrected chi connectivity index (χ2v) is 9.84. The largest absolute Gasteiger partial charge is 0.478 e. The molecule has 166 valence electrons. The average molecular weight is 460 g/mol. The predicted molar refractivity (Wildman–Crippen MR) is 130 cm³/mol. The van der Waals surface area contributed by atoms with Crippen molar-refractivity contribution in [2.45, 2.75) is 51.7 Å². The van der Waals surface area contributed by atoms with Crippen molar-refractivity contribution < 1.29 is 9.84 Å².